The molecule has 0 aliphatic heterocycles. The Balaban J connectivity index is 1.61. The number of sulfonamides is 1. The zero-order valence-corrected chi connectivity index (χ0v) is 18.7. The Hall–Kier alpha value is -2.84. The molecule has 3 aromatic rings. The van der Waals surface area contributed by atoms with E-state index < -0.39 is 50.5 Å². The van der Waals surface area contributed by atoms with Crippen LogP contribution in [0.15, 0.2) is 57.3 Å². The second-order valence-electron chi connectivity index (χ2n) is 7.96. The van der Waals surface area contributed by atoms with Crippen LogP contribution in [0.25, 0.3) is 10.6 Å². The van der Waals surface area contributed by atoms with E-state index in [1.54, 1.807) is 37.3 Å². The van der Waals surface area contributed by atoms with Crippen LogP contribution in [0.1, 0.15) is 24.7 Å². The van der Waals surface area contributed by atoms with E-state index in [-0.39, 0.29) is 15.5 Å². The number of aromatic nitrogens is 1. The summed E-state index contributed by atoms with van der Waals surface area (Å²) in [7, 11) is -4.41. The van der Waals surface area contributed by atoms with Crippen molar-refractivity contribution in [1.29, 1.82) is 0 Å². The number of carboxylic acid groups (broad SMARTS) is 1. The van der Waals surface area contributed by atoms with Crippen molar-refractivity contribution in [1.82, 2.24) is 9.88 Å². The van der Waals surface area contributed by atoms with Gasteiger partial charge in [0.25, 0.3) is 10.0 Å². The molecule has 2 aromatic heterocycles. The summed E-state index contributed by atoms with van der Waals surface area (Å²) >= 11 is 0.508. The highest BCUT2D eigenvalue weighted by Gasteiger charge is 2.72. The molecule has 34 heavy (non-hydrogen) atoms. The quantitative estimate of drug-likeness (QED) is 0.442. The number of hydrogen-bond donors (Lipinski definition) is 2. The predicted molar refractivity (Wildman–Crippen MR) is 109 cm³/mol. The molecule has 1 aliphatic rings. The molecule has 0 radical (unpaired) electrons. The lowest BCUT2D eigenvalue weighted by Crippen LogP contribution is -2.47. The topological polar surface area (TPSA) is 110 Å². The van der Waals surface area contributed by atoms with Gasteiger partial charge in [0.1, 0.15) is 15.4 Å². The van der Waals surface area contributed by atoms with Crippen molar-refractivity contribution in [2.24, 2.45) is 0 Å². The lowest BCUT2D eigenvalue weighted by molar-refractivity contribution is -0.296. The van der Waals surface area contributed by atoms with Crippen LogP contribution in [0.2, 0.25) is 0 Å². The molecule has 182 valence electrons. The molecule has 2 N–H and O–H groups in total. The molecule has 7 nitrogen and oxygen atoms in total. The van der Waals surface area contributed by atoms with Crippen molar-refractivity contribution in [2.75, 3.05) is 0 Å². The maximum absolute atomic E-state index is 13.5. The molecule has 0 bridgehead atoms. The van der Waals surface area contributed by atoms with Gasteiger partial charge >= 0.3 is 18.1 Å². The largest absolute Gasteiger partial charge is 0.480 e. The predicted octanol–water partition coefficient (Wildman–Crippen LogP) is 4.52. The average Bonchev–Trinajstić information content (AvgIpc) is 3.18. The van der Waals surface area contributed by atoms with E-state index in [0.29, 0.717) is 23.0 Å². The van der Waals surface area contributed by atoms with Crippen molar-refractivity contribution in [3.05, 3.63) is 59.9 Å². The van der Waals surface area contributed by atoms with E-state index in [0.717, 1.165) is 12.1 Å². The fourth-order valence-corrected chi connectivity index (χ4v) is 6.42. The second-order valence-corrected chi connectivity index (χ2v) is 11.0. The summed E-state index contributed by atoms with van der Waals surface area (Å²) in [5, 5.41) is 13.0. The fraction of sp³-hybridized carbons (Fsp3) is 0.300. The van der Waals surface area contributed by atoms with E-state index in [1.807, 2.05) is 0 Å². The van der Waals surface area contributed by atoms with Crippen LogP contribution >= 0.6 is 11.3 Å². The lowest BCUT2D eigenvalue weighted by Gasteiger charge is -2.20. The Bertz CT molecular complexity index is 1350. The molecule has 1 saturated carbocycles. The third kappa shape index (κ3) is 3.69. The van der Waals surface area contributed by atoms with Crippen LogP contribution < -0.4 is 4.72 Å². The minimum absolute atomic E-state index is 0.0179. The summed E-state index contributed by atoms with van der Waals surface area (Å²) in [6.45, 7) is 1.61. The number of carboxylic acids is 1. The first-order chi connectivity index (χ1) is 15.6. The van der Waals surface area contributed by atoms with E-state index in [4.69, 9.17) is 0 Å². The Kier molecular flexibility index (Phi) is 5.42. The highest BCUT2D eigenvalue weighted by molar-refractivity contribution is 7.91. The maximum atomic E-state index is 13.5. The number of benzene rings is 1. The van der Waals surface area contributed by atoms with Crippen LogP contribution in [-0.2, 0) is 26.2 Å². The summed E-state index contributed by atoms with van der Waals surface area (Å²) in [6, 6.07) is 11.1. The van der Waals surface area contributed by atoms with Gasteiger partial charge in [0.15, 0.2) is 0 Å². The molecule has 14 heteroatoms. The number of halogens is 5. The Labute approximate surface area is 193 Å². The molecule has 4 rings (SSSR count). The van der Waals surface area contributed by atoms with Gasteiger partial charge in [-0.15, -0.1) is 11.3 Å². The monoisotopic (exact) mass is 522 g/mol. The third-order valence-electron chi connectivity index (χ3n) is 5.79. The molecule has 2 heterocycles. The highest BCUT2D eigenvalue weighted by atomic mass is 32.2. The molecular weight excluding hydrogens is 507 g/mol. The Morgan fingerprint density at radius 3 is 2.38 bits per heavy atom. The first-order valence-corrected chi connectivity index (χ1v) is 11.8. The van der Waals surface area contributed by atoms with Crippen LogP contribution in [0.5, 0.6) is 0 Å². The summed E-state index contributed by atoms with van der Waals surface area (Å²) in [5.74, 6) is -8.41. The first-order valence-electron chi connectivity index (χ1n) is 9.49. The number of nitrogens with one attached hydrogen (secondary N) is 1. The molecule has 1 aliphatic carbocycles. The van der Waals surface area contributed by atoms with Crippen LogP contribution in [0.3, 0.4) is 0 Å². The fourth-order valence-electron chi connectivity index (χ4n) is 3.71. The molecule has 2 atom stereocenters. The zero-order valence-electron chi connectivity index (χ0n) is 17.1. The van der Waals surface area contributed by atoms with Crippen LogP contribution in [-0.4, -0.2) is 36.4 Å². The number of aliphatic carboxylic acids is 1. The summed E-state index contributed by atoms with van der Waals surface area (Å²) in [4.78, 5) is 12.0. The van der Waals surface area contributed by atoms with E-state index in [1.165, 1.54) is 0 Å². The number of alkyl halides is 5. The van der Waals surface area contributed by atoms with Gasteiger partial charge in [-0.05, 0) is 24.1 Å². The van der Waals surface area contributed by atoms with Gasteiger partial charge in [-0.25, -0.2) is 8.42 Å². The van der Waals surface area contributed by atoms with Gasteiger partial charge in [0.2, 0.25) is 5.76 Å². The number of thiophene rings is 1. The first kappa shape index (κ1) is 24.3. The Morgan fingerprint density at radius 1 is 1.15 bits per heavy atom. The second kappa shape index (κ2) is 7.58. The number of carbonyl (C=O) groups is 1. The minimum atomic E-state index is -5.90. The normalized spacial score (nSPS) is 23.1. The maximum Gasteiger partial charge on any atom is 0.461 e. The van der Waals surface area contributed by atoms with Gasteiger partial charge < -0.3 is 9.63 Å². The third-order valence-corrected chi connectivity index (χ3v) is 8.89. The van der Waals surface area contributed by atoms with Crippen molar-refractivity contribution < 1.29 is 44.8 Å². The molecule has 0 amide bonds. The van der Waals surface area contributed by atoms with Crippen molar-refractivity contribution in [3.63, 3.8) is 0 Å². The highest BCUT2D eigenvalue weighted by Crippen LogP contribution is 2.58. The molecular formula is C20H15F5N2O5S2. The SMILES string of the molecule is C[C@]1(c2ccccc2)C[C@@]1(NS(=O)(=O)c1ccc(-c2cc(C(F)(F)C(F)(F)F)on2)s1)C(=O)O. The number of hydrogen-bond acceptors (Lipinski definition) is 6. The summed E-state index contributed by atoms with van der Waals surface area (Å²) in [5.41, 5.74) is -2.67. The molecule has 0 saturated heterocycles. The van der Waals surface area contributed by atoms with Crippen molar-refractivity contribution in [3.8, 4) is 10.6 Å². The van der Waals surface area contributed by atoms with Gasteiger partial charge in [0, 0.05) is 11.5 Å². The number of nitrogens with zero attached hydrogens (tertiary/aromatic N) is 1. The van der Waals surface area contributed by atoms with Crippen molar-refractivity contribution in [2.45, 2.75) is 40.6 Å². The number of rotatable bonds is 7. The molecule has 1 fully saturated rings. The van der Waals surface area contributed by atoms with Crippen LogP contribution in [0.4, 0.5) is 22.0 Å². The smallest absolute Gasteiger partial charge is 0.461 e. The minimum Gasteiger partial charge on any atom is -0.480 e. The van der Waals surface area contributed by atoms with E-state index >= 15 is 0 Å². The van der Waals surface area contributed by atoms with E-state index in [9.17, 15) is 40.3 Å². The van der Waals surface area contributed by atoms with Gasteiger partial charge in [0.05, 0.1) is 4.88 Å². The zero-order chi connectivity index (χ0) is 25.2. The van der Waals surface area contributed by atoms with Gasteiger partial charge in [-0.2, -0.15) is 26.7 Å². The van der Waals surface area contributed by atoms with Crippen LogP contribution in [0, 0.1) is 0 Å². The summed E-state index contributed by atoms with van der Waals surface area (Å²) in [6.07, 6.45) is -5.92. The molecule has 1 aromatic carbocycles. The van der Waals surface area contributed by atoms with Gasteiger partial charge in [-0.1, -0.05) is 42.4 Å². The lowest BCUT2D eigenvalue weighted by atomic mass is 9.93. The molecule has 0 unspecified atom stereocenters. The molecule has 0 spiro atoms. The standard InChI is InChI=1S/C20H15F5N2O5S2/c1-17(11-5-3-2-4-6-11)10-18(17,16(28)29)27-34(30,31)15-8-7-13(33-15)12-9-14(32-26-12)19(21,22)20(23,24)25/h2-9,27H,10H2,1H3,(H,28,29)/t17-,18-/m1/s1. The van der Waals surface area contributed by atoms with Gasteiger partial charge in [-0.3, -0.25) is 4.79 Å². The van der Waals surface area contributed by atoms with Crippen molar-refractivity contribution >= 4 is 27.3 Å². The summed E-state index contributed by atoms with van der Waals surface area (Å²) < 4.78 is 96.5. The Morgan fingerprint density at radius 2 is 1.79 bits per heavy atom. The average molecular weight is 522 g/mol. The van der Waals surface area contributed by atoms with E-state index in [2.05, 4.69) is 14.4 Å².